The number of hydrogen-bond acceptors (Lipinski definition) is 4. The average Bonchev–Trinajstić information content (AvgIpc) is 3.16. The van der Waals surface area contributed by atoms with Gasteiger partial charge in [0.15, 0.2) is 0 Å². The van der Waals surface area contributed by atoms with Crippen molar-refractivity contribution in [3.8, 4) is 0 Å². The quantitative estimate of drug-likeness (QED) is 0.562. The van der Waals surface area contributed by atoms with Gasteiger partial charge in [0.1, 0.15) is 5.37 Å². The molecule has 32 heavy (non-hydrogen) atoms. The van der Waals surface area contributed by atoms with E-state index in [-0.39, 0.29) is 17.2 Å². The molecule has 1 fully saturated rings. The van der Waals surface area contributed by atoms with Crippen LogP contribution in [0, 0.1) is 0 Å². The molecule has 162 valence electrons. The molecule has 1 heterocycles. The van der Waals surface area contributed by atoms with Crippen molar-refractivity contribution in [1.82, 2.24) is 4.90 Å². The summed E-state index contributed by atoms with van der Waals surface area (Å²) in [6, 6.07) is 21.1. The Balaban J connectivity index is 1.44. The van der Waals surface area contributed by atoms with Gasteiger partial charge in [-0.15, -0.1) is 11.8 Å². The van der Waals surface area contributed by atoms with Gasteiger partial charge in [-0.05, 0) is 59.7 Å². The first-order valence-electron chi connectivity index (χ1n) is 9.87. The number of hydrogen-bond donors (Lipinski definition) is 2. The van der Waals surface area contributed by atoms with Gasteiger partial charge in [0.2, 0.25) is 11.8 Å². The van der Waals surface area contributed by atoms with Crippen LogP contribution in [0.2, 0.25) is 5.02 Å². The fourth-order valence-electron chi connectivity index (χ4n) is 3.41. The van der Waals surface area contributed by atoms with Crippen LogP contribution in [0.1, 0.15) is 37.2 Å². The number of nitrogens with zero attached hydrogens (tertiary/aromatic N) is 1. The van der Waals surface area contributed by atoms with Crippen molar-refractivity contribution < 1.29 is 14.4 Å². The summed E-state index contributed by atoms with van der Waals surface area (Å²) in [7, 11) is 0. The molecule has 3 N–H and O–H groups in total. The zero-order valence-electron chi connectivity index (χ0n) is 17.0. The zero-order valence-corrected chi connectivity index (χ0v) is 18.5. The largest absolute Gasteiger partial charge is 0.366 e. The minimum Gasteiger partial charge on any atom is -0.366 e. The predicted molar refractivity (Wildman–Crippen MR) is 127 cm³/mol. The Hall–Kier alpha value is -3.29. The lowest BCUT2D eigenvalue weighted by Gasteiger charge is -2.24. The molecule has 0 aliphatic carbocycles. The first kappa shape index (κ1) is 21.9. The maximum absolute atomic E-state index is 12.6. The van der Waals surface area contributed by atoms with E-state index in [1.165, 1.54) is 0 Å². The van der Waals surface area contributed by atoms with Crippen molar-refractivity contribution in [2.24, 2.45) is 5.73 Å². The molecule has 1 atom stereocenters. The highest BCUT2D eigenvalue weighted by Crippen LogP contribution is 2.39. The van der Waals surface area contributed by atoms with Gasteiger partial charge in [0.05, 0.1) is 5.75 Å². The summed E-state index contributed by atoms with van der Waals surface area (Å²) in [5.41, 5.74) is 8.63. The van der Waals surface area contributed by atoms with Gasteiger partial charge in [-0.25, -0.2) is 0 Å². The van der Waals surface area contributed by atoms with E-state index in [2.05, 4.69) is 5.32 Å². The Morgan fingerprint density at radius 3 is 2.22 bits per heavy atom. The van der Waals surface area contributed by atoms with Crippen molar-refractivity contribution >= 4 is 46.8 Å². The summed E-state index contributed by atoms with van der Waals surface area (Å²) >= 11 is 7.52. The molecule has 0 saturated carbocycles. The van der Waals surface area contributed by atoms with Gasteiger partial charge >= 0.3 is 0 Å². The van der Waals surface area contributed by atoms with Gasteiger partial charge in [0.25, 0.3) is 5.91 Å². The molecule has 3 aromatic rings. The van der Waals surface area contributed by atoms with E-state index in [0.29, 0.717) is 34.1 Å². The molecule has 8 heteroatoms. The van der Waals surface area contributed by atoms with Gasteiger partial charge in [-0.1, -0.05) is 35.9 Å². The van der Waals surface area contributed by atoms with Crippen LogP contribution in [0.15, 0.2) is 72.8 Å². The van der Waals surface area contributed by atoms with Crippen molar-refractivity contribution in [3.63, 3.8) is 0 Å². The van der Waals surface area contributed by atoms with E-state index in [1.54, 1.807) is 48.2 Å². The second-order valence-corrected chi connectivity index (χ2v) is 8.83. The van der Waals surface area contributed by atoms with Crippen LogP contribution in [-0.4, -0.2) is 28.4 Å². The summed E-state index contributed by atoms with van der Waals surface area (Å²) in [5.74, 6) is -0.290. The Kier molecular flexibility index (Phi) is 6.48. The van der Waals surface area contributed by atoms with Crippen molar-refractivity contribution in [3.05, 3.63) is 100 Å². The maximum Gasteiger partial charge on any atom is 0.255 e. The van der Waals surface area contributed by atoms with Crippen LogP contribution in [0.25, 0.3) is 0 Å². The third-order valence-corrected chi connectivity index (χ3v) is 6.63. The van der Waals surface area contributed by atoms with Crippen molar-refractivity contribution in [2.45, 2.75) is 11.9 Å². The van der Waals surface area contributed by atoms with E-state index in [9.17, 15) is 14.4 Å². The highest BCUT2D eigenvalue weighted by Gasteiger charge is 2.32. The number of carbonyl (C=O) groups is 3. The van der Waals surface area contributed by atoms with Crippen LogP contribution in [0.5, 0.6) is 0 Å². The van der Waals surface area contributed by atoms with E-state index < -0.39 is 5.91 Å². The number of benzene rings is 3. The number of anilines is 1. The smallest absolute Gasteiger partial charge is 0.255 e. The highest BCUT2D eigenvalue weighted by atomic mass is 35.5. The monoisotopic (exact) mass is 465 g/mol. The van der Waals surface area contributed by atoms with Crippen molar-refractivity contribution in [2.75, 3.05) is 11.1 Å². The van der Waals surface area contributed by atoms with E-state index in [0.717, 1.165) is 11.1 Å². The second kappa shape index (κ2) is 9.46. The minimum absolute atomic E-state index is 0.0798. The first-order chi connectivity index (χ1) is 15.4. The fraction of sp³-hybridized carbons (Fsp3) is 0.125. The topological polar surface area (TPSA) is 92.5 Å². The molecule has 0 unspecified atom stereocenters. The number of primary amides is 1. The first-order valence-corrected chi connectivity index (χ1v) is 11.3. The molecular formula is C24H20ClN3O3S. The number of amides is 3. The van der Waals surface area contributed by atoms with Crippen LogP contribution in [0.3, 0.4) is 0 Å². The minimum atomic E-state index is -0.521. The second-order valence-electron chi connectivity index (χ2n) is 7.33. The number of nitrogens with one attached hydrogen (secondary N) is 1. The molecule has 4 rings (SSSR count). The SMILES string of the molecule is NC(=O)c1ccc(NC(=O)c2ccc([C@@H]3SCC(=O)N3Cc3ccc(Cl)cc3)cc2)cc1. The molecule has 6 nitrogen and oxygen atoms in total. The maximum atomic E-state index is 12.6. The lowest BCUT2D eigenvalue weighted by atomic mass is 10.1. The Bertz CT molecular complexity index is 1150. The molecule has 1 aliphatic heterocycles. The summed E-state index contributed by atoms with van der Waals surface area (Å²) in [6.07, 6.45) is 0. The van der Waals surface area contributed by atoms with Gasteiger partial charge in [-0.3, -0.25) is 14.4 Å². The number of halogens is 1. The van der Waals surface area contributed by atoms with E-state index >= 15 is 0 Å². The molecule has 3 aromatic carbocycles. The predicted octanol–water partition coefficient (Wildman–Crippen LogP) is 4.47. The third-order valence-electron chi connectivity index (χ3n) is 5.12. The molecular weight excluding hydrogens is 446 g/mol. The summed E-state index contributed by atoms with van der Waals surface area (Å²) in [5, 5.41) is 3.34. The van der Waals surface area contributed by atoms with Crippen LogP contribution >= 0.6 is 23.4 Å². The normalized spacial score (nSPS) is 15.6. The lowest BCUT2D eigenvalue weighted by Crippen LogP contribution is -2.27. The lowest BCUT2D eigenvalue weighted by molar-refractivity contribution is -0.128. The van der Waals surface area contributed by atoms with Gasteiger partial charge in [-0.2, -0.15) is 0 Å². The Labute approximate surface area is 194 Å². The molecule has 1 saturated heterocycles. The summed E-state index contributed by atoms with van der Waals surface area (Å²) < 4.78 is 0. The average molecular weight is 466 g/mol. The van der Waals surface area contributed by atoms with E-state index in [1.807, 2.05) is 41.3 Å². The van der Waals surface area contributed by atoms with E-state index in [4.69, 9.17) is 17.3 Å². The fourth-order valence-corrected chi connectivity index (χ4v) is 4.72. The summed E-state index contributed by atoms with van der Waals surface area (Å²) in [4.78, 5) is 38.0. The number of thioether (sulfide) groups is 1. The van der Waals surface area contributed by atoms with Crippen LogP contribution < -0.4 is 11.1 Å². The standard InChI is InChI=1S/C24H20ClN3O3S/c25-19-9-1-15(2-10-19)13-28-21(29)14-32-24(28)18-5-3-17(4-6-18)23(31)27-20-11-7-16(8-12-20)22(26)30/h1-12,24H,13-14H2,(H2,26,30)(H,27,31)/t24-/m0/s1. The number of nitrogens with two attached hydrogens (primary N) is 1. The van der Waals surface area contributed by atoms with Crippen LogP contribution in [0.4, 0.5) is 5.69 Å². The van der Waals surface area contributed by atoms with Gasteiger partial charge in [0, 0.05) is 28.4 Å². The van der Waals surface area contributed by atoms with Crippen LogP contribution in [-0.2, 0) is 11.3 Å². The number of rotatable bonds is 6. The van der Waals surface area contributed by atoms with Crippen molar-refractivity contribution in [1.29, 1.82) is 0 Å². The van der Waals surface area contributed by atoms with Gasteiger partial charge < -0.3 is 16.0 Å². The third kappa shape index (κ3) is 4.95. The number of carbonyl (C=O) groups excluding carboxylic acids is 3. The Morgan fingerprint density at radius 2 is 1.59 bits per heavy atom. The zero-order chi connectivity index (χ0) is 22.7. The Morgan fingerprint density at radius 1 is 0.969 bits per heavy atom. The molecule has 0 bridgehead atoms. The molecule has 0 radical (unpaired) electrons. The molecule has 0 aromatic heterocycles. The summed E-state index contributed by atoms with van der Waals surface area (Å²) in [6.45, 7) is 0.497. The highest BCUT2D eigenvalue weighted by molar-refractivity contribution is 8.00. The molecule has 3 amide bonds. The molecule has 0 spiro atoms. The molecule has 1 aliphatic rings.